The van der Waals surface area contributed by atoms with Gasteiger partial charge in [-0.2, -0.15) is 13.2 Å². The molecule has 1 N–H and O–H groups in total. The first-order valence-electron chi connectivity index (χ1n) is 7.55. The van der Waals surface area contributed by atoms with E-state index in [1.807, 2.05) is 12.1 Å². The summed E-state index contributed by atoms with van der Waals surface area (Å²) in [4.78, 5) is 7.24. The Morgan fingerprint density at radius 2 is 1.65 bits per heavy atom. The monoisotopic (exact) mass is 379 g/mol. The maximum atomic E-state index is 12.7. The van der Waals surface area contributed by atoms with Crippen molar-refractivity contribution in [1.29, 1.82) is 0 Å². The molecule has 26 heavy (non-hydrogen) atoms. The Morgan fingerprint density at radius 1 is 0.962 bits per heavy atom. The quantitative estimate of drug-likeness (QED) is 0.638. The third kappa shape index (κ3) is 4.86. The first kappa shape index (κ1) is 18.0. The van der Waals surface area contributed by atoms with E-state index in [0.717, 1.165) is 17.8 Å². The molecule has 0 saturated carbocycles. The van der Waals surface area contributed by atoms with E-state index in [1.165, 1.54) is 0 Å². The minimum atomic E-state index is -4.52. The lowest BCUT2D eigenvalue weighted by Gasteiger charge is -2.10. The fourth-order valence-electron chi connectivity index (χ4n) is 2.09. The fourth-order valence-corrected chi connectivity index (χ4v) is 2.21. The SMILES string of the molecule is FC(F)(F)c1ccnc(Nc2ccc(OCc3ccc(Cl)cc3)cc2)n1. The summed E-state index contributed by atoms with van der Waals surface area (Å²) in [6.45, 7) is 0.376. The molecule has 3 aromatic rings. The van der Waals surface area contributed by atoms with E-state index >= 15 is 0 Å². The van der Waals surface area contributed by atoms with Gasteiger partial charge in [0.05, 0.1) is 0 Å². The van der Waals surface area contributed by atoms with E-state index < -0.39 is 11.9 Å². The number of aromatic nitrogens is 2. The van der Waals surface area contributed by atoms with Crippen molar-refractivity contribution in [2.24, 2.45) is 0 Å². The maximum absolute atomic E-state index is 12.7. The van der Waals surface area contributed by atoms with Gasteiger partial charge < -0.3 is 10.1 Å². The van der Waals surface area contributed by atoms with Crippen molar-refractivity contribution in [3.05, 3.63) is 77.1 Å². The van der Waals surface area contributed by atoms with Crippen LogP contribution in [0.2, 0.25) is 5.02 Å². The number of hydrogen-bond donors (Lipinski definition) is 1. The summed E-state index contributed by atoms with van der Waals surface area (Å²) in [5.41, 5.74) is 0.509. The smallest absolute Gasteiger partial charge is 0.433 e. The zero-order valence-corrected chi connectivity index (χ0v) is 14.1. The van der Waals surface area contributed by atoms with Crippen LogP contribution >= 0.6 is 11.6 Å². The second-order valence-corrected chi connectivity index (χ2v) is 5.76. The second-order valence-electron chi connectivity index (χ2n) is 5.33. The van der Waals surface area contributed by atoms with Crippen LogP contribution in [0.15, 0.2) is 60.8 Å². The molecule has 0 radical (unpaired) electrons. The Balaban J connectivity index is 1.62. The summed E-state index contributed by atoms with van der Waals surface area (Å²) in [5, 5.41) is 3.38. The highest BCUT2D eigenvalue weighted by Crippen LogP contribution is 2.28. The standard InChI is InChI=1S/C18H13ClF3N3O/c19-13-3-1-12(2-4-13)11-26-15-7-5-14(6-8-15)24-17-23-10-9-16(25-17)18(20,21)22/h1-10H,11H2,(H,23,24,25). The van der Waals surface area contributed by atoms with Gasteiger partial charge in [-0.1, -0.05) is 23.7 Å². The van der Waals surface area contributed by atoms with Crippen LogP contribution in [-0.2, 0) is 12.8 Å². The van der Waals surface area contributed by atoms with E-state index in [4.69, 9.17) is 16.3 Å². The third-order valence-electron chi connectivity index (χ3n) is 3.38. The lowest BCUT2D eigenvalue weighted by molar-refractivity contribution is -0.141. The number of benzene rings is 2. The molecule has 0 aliphatic rings. The number of nitrogens with one attached hydrogen (secondary N) is 1. The predicted octanol–water partition coefficient (Wildman–Crippen LogP) is 5.47. The zero-order chi connectivity index (χ0) is 18.6. The number of rotatable bonds is 5. The second kappa shape index (κ2) is 7.61. The number of hydrogen-bond acceptors (Lipinski definition) is 4. The minimum Gasteiger partial charge on any atom is -0.489 e. The van der Waals surface area contributed by atoms with Gasteiger partial charge in [0.1, 0.15) is 18.1 Å². The Kier molecular flexibility index (Phi) is 5.27. The fraction of sp³-hybridized carbons (Fsp3) is 0.111. The van der Waals surface area contributed by atoms with Gasteiger partial charge in [-0.15, -0.1) is 0 Å². The molecule has 4 nitrogen and oxygen atoms in total. The molecule has 0 aliphatic carbocycles. The van der Waals surface area contributed by atoms with Crippen LogP contribution in [0.3, 0.4) is 0 Å². The van der Waals surface area contributed by atoms with Gasteiger partial charge in [0.15, 0.2) is 0 Å². The Morgan fingerprint density at radius 3 is 2.31 bits per heavy atom. The van der Waals surface area contributed by atoms with E-state index in [1.54, 1.807) is 36.4 Å². The van der Waals surface area contributed by atoms with Crippen LogP contribution in [0.25, 0.3) is 0 Å². The first-order valence-corrected chi connectivity index (χ1v) is 7.92. The third-order valence-corrected chi connectivity index (χ3v) is 3.63. The molecule has 2 aromatic carbocycles. The van der Waals surface area contributed by atoms with Crippen LogP contribution < -0.4 is 10.1 Å². The highest BCUT2D eigenvalue weighted by molar-refractivity contribution is 6.30. The van der Waals surface area contributed by atoms with Crippen LogP contribution in [-0.4, -0.2) is 9.97 Å². The van der Waals surface area contributed by atoms with Crippen LogP contribution in [0.5, 0.6) is 5.75 Å². The number of alkyl halides is 3. The van der Waals surface area contributed by atoms with Crippen molar-refractivity contribution in [1.82, 2.24) is 9.97 Å². The average Bonchev–Trinajstić information content (AvgIpc) is 2.62. The van der Waals surface area contributed by atoms with Crippen molar-refractivity contribution < 1.29 is 17.9 Å². The van der Waals surface area contributed by atoms with E-state index in [2.05, 4.69) is 15.3 Å². The molecule has 0 fully saturated rings. The summed E-state index contributed by atoms with van der Waals surface area (Å²) in [6, 6.07) is 14.8. The lowest BCUT2D eigenvalue weighted by atomic mass is 10.2. The summed E-state index contributed by atoms with van der Waals surface area (Å²) in [7, 11) is 0. The summed E-state index contributed by atoms with van der Waals surface area (Å²) in [5.74, 6) is 0.491. The largest absolute Gasteiger partial charge is 0.489 e. The molecule has 0 amide bonds. The molecule has 0 bridgehead atoms. The molecule has 1 aromatic heterocycles. The Hall–Kier alpha value is -2.80. The van der Waals surface area contributed by atoms with E-state index in [0.29, 0.717) is 23.1 Å². The molecular formula is C18H13ClF3N3O. The van der Waals surface area contributed by atoms with Crippen molar-refractivity contribution >= 4 is 23.2 Å². The number of nitrogens with zero attached hydrogens (tertiary/aromatic N) is 2. The molecule has 8 heteroatoms. The number of ether oxygens (including phenoxy) is 1. The normalized spacial score (nSPS) is 11.2. The molecule has 0 atom stereocenters. The van der Waals surface area contributed by atoms with Gasteiger partial charge >= 0.3 is 6.18 Å². The summed E-state index contributed by atoms with van der Waals surface area (Å²) >= 11 is 5.83. The van der Waals surface area contributed by atoms with Crippen LogP contribution in [0, 0.1) is 0 Å². The topological polar surface area (TPSA) is 47.0 Å². The number of anilines is 2. The van der Waals surface area contributed by atoms with Gasteiger partial charge in [0, 0.05) is 16.9 Å². The van der Waals surface area contributed by atoms with Gasteiger partial charge in [0.2, 0.25) is 5.95 Å². The average molecular weight is 380 g/mol. The molecule has 0 unspecified atom stereocenters. The lowest BCUT2D eigenvalue weighted by Crippen LogP contribution is -2.10. The van der Waals surface area contributed by atoms with E-state index in [-0.39, 0.29) is 5.95 Å². The predicted molar refractivity (Wildman–Crippen MR) is 92.5 cm³/mol. The molecule has 134 valence electrons. The van der Waals surface area contributed by atoms with Crippen molar-refractivity contribution in [3.63, 3.8) is 0 Å². The van der Waals surface area contributed by atoms with Crippen molar-refractivity contribution in [2.45, 2.75) is 12.8 Å². The van der Waals surface area contributed by atoms with Gasteiger partial charge in [-0.3, -0.25) is 0 Å². The minimum absolute atomic E-state index is 0.130. The maximum Gasteiger partial charge on any atom is 0.433 e. The zero-order valence-electron chi connectivity index (χ0n) is 13.3. The summed E-state index contributed by atoms with van der Waals surface area (Å²) < 4.78 is 43.6. The highest BCUT2D eigenvalue weighted by atomic mass is 35.5. The molecule has 1 heterocycles. The molecular weight excluding hydrogens is 367 g/mol. The Bertz CT molecular complexity index is 868. The van der Waals surface area contributed by atoms with Gasteiger partial charge in [-0.25, -0.2) is 9.97 Å². The van der Waals surface area contributed by atoms with Gasteiger partial charge in [0.25, 0.3) is 0 Å². The number of halogens is 4. The summed E-state index contributed by atoms with van der Waals surface area (Å²) in [6.07, 6.45) is -3.46. The van der Waals surface area contributed by atoms with Crippen molar-refractivity contribution in [2.75, 3.05) is 5.32 Å². The highest BCUT2D eigenvalue weighted by Gasteiger charge is 2.32. The van der Waals surface area contributed by atoms with Gasteiger partial charge in [-0.05, 0) is 48.0 Å². The molecule has 3 rings (SSSR count). The van der Waals surface area contributed by atoms with Crippen molar-refractivity contribution in [3.8, 4) is 5.75 Å². The first-order chi connectivity index (χ1) is 12.4. The molecule has 0 spiro atoms. The molecule has 0 aliphatic heterocycles. The van der Waals surface area contributed by atoms with Crippen LogP contribution in [0.1, 0.15) is 11.3 Å². The van der Waals surface area contributed by atoms with Crippen LogP contribution in [0.4, 0.5) is 24.8 Å². The molecule has 0 saturated heterocycles. The van der Waals surface area contributed by atoms with E-state index in [9.17, 15) is 13.2 Å². The Labute approximate surface area is 152 Å².